The number of phenolic OH excluding ortho intramolecular Hbond substituents is 1. The molecule has 3 rings (SSSR count). The summed E-state index contributed by atoms with van der Waals surface area (Å²) < 4.78 is 0. The van der Waals surface area contributed by atoms with Crippen LogP contribution in [0.2, 0.25) is 0 Å². The van der Waals surface area contributed by atoms with Gasteiger partial charge in [0, 0.05) is 31.7 Å². The van der Waals surface area contributed by atoms with Gasteiger partial charge in [-0.05, 0) is 31.2 Å². The van der Waals surface area contributed by atoms with Gasteiger partial charge in [-0.1, -0.05) is 12.1 Å². The van der Waals surface area contributed by atoms with Crippen LogP contribution in [-0.4, -0.2) is 47.1 Å². The Balaban J connectivity index is 1.66. The van der Waals surface area contributed by atoms with Gasteiger partial charge in [0.2, 0.25) is 0 Å². The van der Waals surface area contributed by atoms with E-state index in [1.54, 1.807) is 12.1 Å². The predicted molar refractivity (Wildman–Crippen MR) is 63.3 cm³/mol. The van der Waals surface area contributed by atoms with Crippen molar-refractivity contribution < 1.29 is 5.11 Å². The maximum atomic E-state index is 9.24. The number of piperazine rings is 1. The van der Waals surface area contributed by atoms with E-state index < -0.39 is 0 Å². The van der Waals surface area contributed by atoms with Crippen LogP contribution in [0.1, 0.15) is 12.0 Å². The molecule has 0 radical (unpaired) electrons. The standard InChI is InChI=1S/C13H18N2O/c1-14-8-12-6-11(14)9-15(12)7-10-2-4-13(16)5-3-10/h2-5,11-12,16H,6-9H2,1H3. The highest BCUT2D eigenvalue weighted by molar-refractivity contribution is 5.26. The smallest absolute Gasteiger partial charge is 0.115 e. The third kappa shape index (κ3) is 1.70. The third-order valence-electron chi connectivity index (χ3n) is 3.95. The van der Waals surface area contributed by atoms with E-state index in [4.69, 9.17) is 0 Å². The third-order valence-corrected chi connectivity index (χ3v) is 3.95. The van der Waals surface area contributed by atoms with Crippen molar-refractivity contribution in [2.75, 3.05) is 20.1 Å². The number of likely N-dealkylation sites (tertiary alicyclic amines) is 2. The molecule has 0 saturated carbocycles. The number of benzene rings is 1. The number of aromatic hydroxyl groups is 1. The predicted octanol–water partition coefficient (Wildman–Crippen LogP) is 1.28. The summed E-state index contributed by atoms with van der Waals surface area (Å²) in [6.45, 7) is 3.43. The maximum Gasteiger partial charge on any atom is 0.115 e. The van der Waals surface area contributed by atoms with Gasteiger partial charge < -0.3 is 10.0 Å². The van der Waals surface area contributed by atoms with E-state index in [0.717, 1.165) is 18.6 Å². The van der Waals surface area contributed by atoms with Gasteiger partial charge in [0.05, 0.1) is 0 Å². The van der Waals surface area contributed by atoms with Crippen molar-refractivity contribution in [3.63, 3.8) is 0 Å². The number of phenols is 1. The topological polar surface area (TPSA) is 26.7 Å². The zero-order valence-corrected chi connectivity index (χ0v) is 9.63. The van der Waals surface area contributed by atoms with Crippen molar-refractivity contribution in [2.24, 2.45) is 0 Å². The molecule has 2 unspecified atom stereocenters. The Hall–Kier alpha value is -1.06. The van der Waals surface area contributed by atoms with Crippen LogP contribution < -0.4 is 0 Å². The van der Waals surface area contributed by atoms with E-state index >= 15 is 0 Å². The first-order valence-corrected chi connectivity index (χ1v) is 5.94. The molecule has 0 amide bonds. The minimum atomic E-state index is 0.353. The summed E-state index contributed by atoms with van der Waals surface area (Å²) in [5.41, 5.74) is 1.30. The fourth-order valence-corrected chi connectivity index (χ4v) is 2.98. The normalized spacial score (nSPS) is 30.1. The molecule has 2 saturated heterocycles. The molecule has 1 N–H and O–H groups in total. The number of rotatable bonds is 2. The van der Waals surface area contributed by atoms with Crippen molar-refractivity contribution >= 4 is 0 Å². The molecule has 1 aromatic carbocycles. The number of likely N-dealkylation sites (N-methyl/N-ethyl adjacent to an activating group) is 1. The molecule has 3 nitrogen and oxygen atoms in total. The summed E-state index contributed by atoms with van der Waals surface area (Å²) in [7, 11) is 2.22. The maximum absolute atomic E-state index is 9.24. The second-order valence-corrected chi connectivity index (χ2v) is 5.08. The lowest BCUT2D eigenvalue weighted by atomic mass is 10.2. The molecule has 2 aliphatic heterocycles. The second-order valence-electron chi connectivity index (χ2n) is 5.08. The van der Waals surface area contributed by atoms with Crippen LogP contribution in [0.4, 0.5) is 0 Å². The van der Waals surface area contributed by atoms with E-state index in [9.17, 15) is 5.11 Å². The van der Waals surface area contributed by atoms with E-state index in [1.165, 1.54) is 25.1 Å². The summed E-state index contributed by atoms with van der Waals surface area (Å²) in [4.78, 5) is 5.04. The Labute approximate surface area is 96.3 Å². The molecule has 86 valence electrons. The highest BCUT2D eigenvalue weighted by atomic mass is 16.3. The minimum Gasteiger partial charge on any atom is -0.508 e. The fraction of sp³-hybridized carbons (Fsp3) is 0.538. The van der Waals surface area contributed by atoms with Crippen LogP contribution in [0.15, 0.2) is 24.3 Å². The molecule has 2 aliphatic rings. The average molecular weight is 218 g/mol. The molecule has 2 heterocycles. The van der Waals surface area contributed by atoms with Crippen LogP contribution in [0.3, 0.4) is 0 Å². The number of nitrogens with zero attached hydrogens (tertiary/aromatic N) is 2. The Bertz CT molecular complexity index is 374. The summed E-state index contributed by atoms with van der Waals surface area (Å²) in [6.07, 6.45) is 1.33. The van der Waals surface area contributed by atoms with Crippen LogP contribution >= 0.6 is 0 Å². The van der Waals surface area contributed by atoms with Gasteiger partial charge in [-0.3, -0.25) is 4.90 Å². The summed E-state index contributed by atoms with van der Waals surface area (Å²) in [5, 5.41) is 9.24. The summed E-state index contributed by atoms with van der Waals surface area (Å²) in [6, 6.07) is 9.09. The molecule has 1 aromatic rings. The van der Waals surface area contributed by atoms with Crippen LogP contribution in [-0.2, 0) is 6.54 Å². The van der Waals surface area contributed by atoms with E-state index in [0.29, 0.717) is 5.75 Å². The van der Waals surface area contributed by atoms with Crippen molar-refractivity contribution in [1.82, 2.24) is 9.80 Å². The van der Waals surface area contributed by atoms with Crippen LogP contribution in [0, 0.1) is 0 Å². The van der Waals surface area contributed by atoms with Crippen molar-refractivity contribution in [1.29, 1.82) is 0 Å². The molecule has 0 aromatic heterocycles. The number of fused-ring (bicyclic) bond motifs is 2. The summed E-state index contributed by atoms with van der Waals surface area (Å²) in [5.74, 6) is 0.353. The number of hydrogen-bond donors (Lipinski definition) is 1. The highest BCUT2D eigenvalue weighted by Crippen LogP contribution is 2.30. The van der Waals surface area contributed by atoms with Gasteiger partial charge in [0.25, 0.3) is 0 Å². The molecule has 0 aliphatic carbocycles. The van der Waals surface area contributed by atoms with E-state index in [-0.39, 0.29) is 0 Å². The fourth-order valence-electron chi connectivity index (χ4n) is 2.98. The van der Waals surface area contributed by atoms with Crippen LogP contribution in [0.25, 0.3) is 0 Å². The molecule has 2 fully saturated rings. The van der Waals surface area contributed by atoms with Gasteiger partial charge in [-0.25, -0.2) is 0 Å². The Morgan fingerprint density at radius 1 is 1.19 bits per heavy atom. The lowest BCUT2D eigenvalue weighted by molar-refractivity contribution is 0.143. The van der Waals surface area contributed by atoms with Gasteiger partial charge in [0.1, 0.15) is 5.75 Å². The molecule has 2 atom stereocenters. The second kappa shape index (κ2) is 3.75. The average Bonchev–Trinajstić information content (AvgIpc) is 2.80. The lowest BCUT2D eigenvalue weighted by Crippen LogP contribution is -2.43. The molecular formula is C13H18N2O. The minimum absolute atomic E-state index is 0.353. The zero-order chi connectivity index (χ0) is 11.1. The molecule has 2 bridgehead atoms. The van der Waals surface area contributed by atoms with Gasteiger partial charge in [-0.15, -0.1) is 0 Å². The molecule has 16 heavy (non-hydrogen) atoms. The van der Waals surface area contributed by atoms with Crippen molar-refractivity contribution in [3.05, 3.63) is 29.8 Å². The van der Waals surface area contributed by atoms with E-state index in [2.05, 4.69) is 16.8 Å². The van der Waals surface area contributed by atoms with Crippen molar-refractivity contribution in [3.8, 4) is 5.75 Å². The first-order chi connectivity index (χ1) is 7.72. The Morgan fingerprint density at radius 2 is 1.94 bits per heavy atom. The summed E-state index contributed by atoms with van der Waals surface area (Å²) >= 11 is 0. The SMILES string of the molecule is CN1CC2CC1CN2Cc1ccc(O)cc1. The quantitative estimate of drug-likeness (QED) is 0.810. The molecule has 3 heteroatoms. The van der Waals surface area contributed by atoms with Crippen LogP contribution in [0.5, 0.6) is 5.75 Å². The van der Waals surface area contributed by atoms with Crippen molar-refractivity contribution in [2.45, 2.75) is 25.0 Å². The monoisotopic (exact) mass is 218 g/mol. The van der Waals surface area contributed by atoms with Gasteiger partial charge in [-0.2, -0.15) is 0 Å². The Kier molecular flexibility index (Phi) is 2.37. The Morgan fingerprint density at radius 3 is 2.50 bits per heavy atom. The van der Waals surface area contributed by atoms with Gasteiger partial charge >= 0.3 is 0 Å². The first kappa shape index (κ1) is 10.1. The van der Waals surface area contributed by atoms with Gasteiger partial charge in [0.15, 0.2) is 0 Å². The number of hydrogen-bond acceptors (Lipinski definition) is 3. The first-order valence-electron chi connectivity index (χ1n) is 5.94. The molecule has 0 spiro atoms. The highest BCUT2D eigenvalue weighted by Gasteiger charge is 2.40. The van der Waals surface area contributed by atoms with E-state index in [1.807, 2.05) is 12.1 Å². The lowest BCUT2D eigenvalue weighted by Gasteiger charge is -2.31. The zero-order valence-electron chi connectivity index (χ0n) is 9.63. The molecular weight excluding hydrogens is 200 g/mol. The largest absolute Gasteiger partial charge is 0.508 e.